The largest absolute Gasteiger partial charge is 0.514 e. The lowest BCUT2D eigenvalue weighted by atomic mass is 9.80. The van der Waals surface area contributed by atoms with Crippen molar-refractivity contribution in [2.75, 3.05) is 0 Å². The van der Waals surface area contributed by atoms with Crippen LogP contribution in [0.25, 0.3) is 0 Å². The fraction of sp³-hybridized carbons (Fsp3) is 0.462. The molecule has 0 saturated heterocycles. The van der Waals surface area contributed by atoms with Crippen molar-refractivity contribution in [3.05, 3.63) is 93.0 Å². The van der Waals surface area contributed by atoms with E-state index in [1.54, 1.807) is 135 Å². The number of hydrogen-bond acceptors (Lipinski definition) is 16. The van der Waals surface area contributed by atoms with Gasteiger partial charge >= 0.3 is 24.6 Å². The Morgan fingerprint density at radius 1 is 0.324 bits per heavy atom. The van der Waals surface area contributed by atoms with Crippen molar-refractivity contribution >= 4 is 24.6 Å². The second-order valence-corrected chi connectivity index (χ2v) is 20.9. The van der Waals surface area contributed by atoms with E-state index in [4.69, 9.17) is 37.9 Å². The lowest BCUT2D eigenvalue weighted by Gasteiger charge is -2.28. The van der Waals surface area contributed by atoms with Gasteiger partial charge in [0.25, 0.3) is 0 Å². The van der Waals surface area contributed by atoms with Crippen LogP contribution in [0.4, 0.5) is 19.2 Å². The molecule has 1 aliphatic rings. The normalized spacial score (nSPS) is 17.3. The molecule has 0 aliphatic heterocycles. The quantitative estimate of drug-likeness (QED) is 0.0848. The van der Waals surface area contributed by atoms with Gasteiger partial charge in [-0.15, -0.1) is 0 Å². The SMILES string of the molecule is CC1c2cc(c(O)cc2O)C(C)c2cc(c(OC(=O)OC(C)(C)C)cc2OC(=O)OC(C)(C)C)C(C)c2cc(c(O)cc2O)C(C)c2cc1c(OC(=O)OC(C)(C)C)cc2OC(=O)OC(C)(C)C. The van der Waals surface area contributed by atoms with Crippen molar-refractivity contribution < 1.29 is 77.5 Å². The summed E-state index contributed by atoms with van der Waals surface area (Å²) in [6, 6.07) is 11.2. The summed E-state index contributed by atoms with van der Waals surface area (Å²) in [7, 11) is 0. The Morgan fingerprint density at radius 3 is 0.676 bits per heavy atom. The molecule has 4 aromatic carbocycles. The van der Waals surface area contributed by atoms with Gasteiger partial charge in [0.05, 0.1) is 0 Å². The standard InChI is InChI=1S/C52H64O16/c1-25-29-17-30(38(54)21-37(29)53)26(2)35-20-36(44(64-48(60)68-52(14,15)16)24-43(35)63-47(59)67-51(11,12)13)28(4)32-18-31(39(55)22-40(32)56)27(3)34-19-33(25)41(61-45(57)65-49(5,6)7)23-42(34)62-46(58)66-50(8,9)10/h17-28,53-56H,1-16H3. The summed E-state index contributed by atoms with van der Waals surface area (Å²) in [6.45, 7) is 26.7. The molecular formula is C52H64O16. The zero-order valence-corrected chi connectivity index (χ0v) is 41.6. The van der Waals surface area contributed by atoms with Gasteiger partial charge in [0, 0.05) is 92.4 Å². The van der Waals surface area contributed by atoms with Crippen LogP contribution < -0.4 is 18.9 Å². The summed E-state index contributed by atoms with van der Waals surface area (Å²) < 4.78 is 45.5. The molecule has 0 fully saturated rings. The first-order valence-corrected chi connectivity index (χ1v) is 22.2. The highest BCUT2D eigenvalue weighted by atomic mass is 16.8. The molecule has 0 amide bonds. The van der Waals surface area contributed by atoms with Crippen LogP contribution in [0.5, 0.6) is 46.0 Å². The van der Waals surface area contributed by atoms with E-state index in [1.165, 1.54) is 12.1 Å². The second-order valence-electron chi connectivity index (χ2n) is 20.9. The van der Waals surface area contributed by atoms with Crippen LogP contribution in [-0.4, -0.2) is 67.5 Å². The number of phenolic OH excluding ortho intramolecular Hbond substituents is 4. The number of aromatic hydroxyl groups is 4. The molecule has 368 valence electrons. The molecule has 8 bridgehead atoms. The van der Waals surface area contributed by atoms with Crippen LogP contribution in [0, 0.1) is 0 Å². The Bertz CT molecular complexity index is 2260. The average molecular weight is 945 g/mol. The number of phenols is 4. The molecule has 4 N–H and O–H groups in total. The summed E-state index contributed by atoms with van der Waals surface area (Å²) in [5, 5.41) is 46.5. The third kappa shape index (κ3) is 12.8. The van der Waals surface area contributed by atoms with Gasteiger partial charge in [0.2, 0.25) is 0 Å². The zero-order valence-electron chi connectivity index (χ0n) is 41.6. The van der Waals surface area contributed by atoms with Crippen molar-refractivity contribution in [3.8, 4) is 46.0 Å². The van der Waals surface area contributed by atoms with E-state index in [9.17, 15) is 39.6 Å². The van der Waals surface area contributed by atoms with Crippen molar-refractivity contribution in [2.45, 2.75) is 157 Å². The van der Waals surface area contributed by atoms with E-state index in [0.29, 0.717) is 0 Å². The molecule has 0 heterocycles. The minimum atomic E-state index is -1.09. The molecule has 1 aliphatic carbocycles. The van der Waals surface area contributed by atoms with Crippen LogP contribution in [0.1, 0.15) is 179 Å². The van der Waals surface area contributed by atoms with Gasteiger partial charge in [0.15, 0.2) is 0 Å². The maximum absolute atomic E-state index is 13.4. The maximum atomic E-state index is 13.4. The first kappa shape index (κ1) is 52.1. The minimum absolute atomic E-state index is 0.132. The maximum Gasteiger partial charge on any atom is 0.514 e. The molecule has 5 rings (SSSR count). The molecule has 4 unspecified atom stereocenters. The third-order valence-corrected chi connectivity index (χ3v) is 10.7. The molecule has 4 aromatic rings. The van der Waals surface area contributed by atoms with E-state index in [2.05, 4.69) is 0 Å². The molecule has 16 heteroatoms. The smallest absolute Gasteiger partial charge is 0.508 e. The van der Waals surface area contributed by atoms with E-state index in [0.717, 1.165) is 12.1 Å². The Labute approximate surface area is 397 Å². The molecular weight excluding hydrogens is 881 g/mol. The lowest BCUT2D eigenvalue weighted by molar-refractivity contribution is 0.0175. The van der Waals surface area contributed by atoms with Crippen LogP contribution in [0.3, 0.4) is 0 Å². The van der Waals surface area contributed by atoms with Crippen molar-refractivity contribution in [3.63, 3.8) is 0 Å². The van der Waals surface area contributed by atoms with Gasteiger partial charge in [-0.3, -0.25) is 0 Å². The van der Waals surface area contributed by atoms with Crippen LogP contribution in [0.2, 0.25) is 0 Å². The molecule has 0 saturated carbocycles. The highest BCUT2D eigenvalue weighted by Crippen LogP contribution is 2.50. The molecule has 68 heavy (non-hydrogen) atoms. The van der Waals surface area contributed by atoms with Gasteiger partial charge in [-0.05, 0) is 107 Å². The molecule has 16 nitrogen and oxygen atoms in total. The number of carbonyl (C=O) groups is 4. The predicted molar refractivity (Wildman–Crippen MR) is 250 cm³/mol. The summed E-state index contributed by atoms with van der Waals surface area (Å²) >= 11 is 0. The van der Waals surface area contributed by atoms with Gasteiger partial charge in [0.1, 0.15) is 68.4 Å². The predicted octanol–water partition coefficient (Wildman–Crippen LogP) is 12.7. The van der Waals surface area contributed by atoms with Gasteiger partial charge in [-0.1, -0.05) is 27.7 Å². The van der Waals surface area contributed by atoms with Crippen molar-refractivity contribution in [2.24, 2.45) is 0 Å². The summed E-state index contributed by atoms with van der Waals surface area (Å²) in [6.07, 6.45) is -4.38. The molecule has 0 radical (unpaired) electrons. The number of benzene rings is 4. The topological polar surface area (TPSA) is 223 Å². The fourth-order valence-electron chi connectivity index (χ4n) is 7.62. The summed E-state index contributed by atoms with van der Waals surface area (Å²) in [5.41, 5.74) is -1.90. The number of hydrogen-bond donors (Lipinski definition) is 4. The van der Waals surface area contributed by atoms with Crippen LogP contribution in [-0.2, 0) is 18.9 Å². The summed E-state index contributed by atoms with van der Waals surface area (Å²) in [4.78, 5) is 53.6. The van der Waals surface area contributed by atoms with E-state index < -0.39 is 70.7 Å². The van der Waals surface area contributed by atoms with Crippen molar-refractivity contribution in [1.29, 1.82) is 0 Å². The first-order valence-electron chi connectivity index (χ1n) is 22.2. The Kier molecular flexibility index (Phi) is 14.6. The molecule has 0 spiro atoms. The van der Waals surface area contributed by atoms with Gasteiger partial charge in [-0.2, -0.15) is 0 Å². The monoisotopic (exact) mass is 944 g/mol. The number of fused-ring (bicyclic) bond motifs is 8. The number of rotatable bonds is 4. The van der Waals surface area contributed by atoms with Crippen LogP contribution >= 0.6 is 0 Å². The van der Waals surface area contributed by atoms with E-state index >= 15 is 0 Å². The first-order chi connectivity index (χ1) is 31.1. The fourth-order valence-corrected chi connectivity index (χ4v) is 7.62. The zero-order chi connectivity index (χ0) is 51.2. The number of carbonyl (C=O) groups excluding carboxylic acids is 4. The van der Waals surface area contributed by atoms with E-state index in [1.807, 2.05) is 0 Å². The van der Waals surface area contributed by atoms with Crippen LogP contribution in [0.15, 0.2) is 48.5 Å². The summed E-state index contributed by atoms with van der Waals surface area (Å²) in [5.74, 6) is -5.44. The Hall–Kier alpha value is -6.84. The Morgan fingerprint density at radius 2 is 0.500 bits per heavy atom. The van der Waals surface area contributed by atoms with Gasteiger partial charge in [-0.25, -0.2) is 19.2 Å². The molecule has 0 aromatic heterocycles. The third-order valence-electron chi connectivity index (χ3n) is 10.7. The Balaban J connectivity index is 1.92. The lowest BCUT2D eigenvalue weighted by Crippen LogP contribution is -2.27. The highest BCUT2D eigenvalue weighted by molar-refractivity contribution is 5.72. The second kappa shape index (κ2) is 19.0. The number of ether oxygens (including phenoxy) is 8. The average Bonchev–Trinajstić information content (AvgIpc) is 3.14. The highest BCUT2D eigenvalue weighted by Gasteiger charge is 2.34. The van der Waals surface area contributed by atoms with Gasteiger partial charge < -0.3 is 58.3 Å². The molecule has 4 atom stereocenters. The minimum Gasteiger partial charge on any atom is -0.508 e. The van der Waals surface area contributed by atoms with E-state index in [-0.39, 0.29) is 90.5 Å². The van der Waals surface area contributed by atoms with Crippen molar-refractivity contribution in [1.82, 2.24) is 0 Å².